The topological polar surface area (TPSA) is 67.9 Å². The highest BCUT2D eigenvalue weighted by Gasteiger charge is 2.33. The molecular weight excluding hydrogens is 495 g/mol. The van der Waals surface area contributed by atoms with Crippen molar-refractivity contribution in [2.24, 2.45) is 0 Å². The van der Waals surface area contributed by atoms with E-state index in [0.29, 0.717) is 23.7 Å². The van der Waals surface area contributed by atoms with Crippen LogP contribution in [0.15, 0.2) is 42.1 Å². The summed E-state index contributed by atoms with van der Waals surface area (Å²) in [6, 6.07) is 10.9. The Morgan fingerprint density at radius 1 is 1.23 bits per heavy atom. The van der Waals surface area contributed by atoms with Crippen molar-refractivity contribution in [1.29, 1.82) is 0 Å². The lowest BCUT2D eigenvalue weighted by atomic mass is 10.1. The minimum atomic E-state index is -0.443. The normalized spacial score (nSPS) is 14.6. The van der Waals surface area contributed by atoms with Crippen LogP contribution in [0.25, 0.3) is 6.08 Å². The second kappa shape index (κ2) is 9.67. The number of imide groups is 1. The van der Waals surface area contributed by atoms with Gasteiger partial charge in [-0.25, -0.2) is 4.79 Å². The number of amides is 3. The van der Waals surface area contributed by atoms with Crippen LogP contribution in [0.4, 0.5) is 4.79 Å². The van der Waals surface area contributed by atoms with E-state index in [1.165, 1.54) is 4.90 Å². The Morgan fingerprint density at radius 3 is 2.73 bits per heavy atom. The molecule has 0 atom stereocenters. The van der Waals surface area contributed by atoms with Gasteiger partial charge in [0.1, 0.15) is 12.3 Å². The van der Waals surface area contributed by atoms with E-state index in [9.17, 15) is 9.59 Å². The Balaban J connectivity index is 1.86. The number of nitrogens with zero attached hydrogens (tertiary/aromatic N) is 1. The lowest BCUT2D eigenvalue weighted by Crippen LogP contribution is -2.30. The maximum atomic E-state index is 12.8. The Hall–Kier alpha value is -2.99. The zero-order valence-corrected chi connectivity index (χ0v) is 18.9. The van der Waals surface area contributed by atoms with Gasteiger partial charge < -0.3 is 14.8 Å². The van der Waals surface area contributed by atoms with Crippen molar-refractivity contribution in [3.05, 3.63) is 62.4 Å². The van der Waals surface area contributed by atoms with Gasteiger partial charge in [0.25, 0.3) is 5.91 Å². The van der Waals surface area contributed by atoms with Gasteiger partial charge in [0.05, 0.1) is 16.7 Å². The largest absolute Gasteiger partial charge is 0.490 e. The molecule has 0 unspecified atom stereocenters. The Kier molecular flexibility index (Phi) is 7.00. The summed E-state index contributed by atoms with van der Waals surface area (Å²) in [6.07, 6.45) is 6.91. The van der Waals surface area contributed by atoms with E-state index in [0.717, 1.165) is 14.7 Å². The summed E-state index contributed by atoms with van der Waals surface area (Å²) in [7, 11) is 0. The molecule has 0 spiro atoms. The first-order valence-electron chi connectivity index (χ1n) is 9.35. The SMILES string of the molecule is C#CCOc1c(I)cc(/C=C2/NC(=O)N(Cc3cccc(C)c3)C2=O)cc1OCC. The van der Waals surface area contributed by atoms with Crippen molar-refractivity contribution < 1.29 is 19.1 Å². The lowest BCUT2D eigenvalue weighted by molar-refractivity contribution is -0.123. The molecule has 30 heavy (non-hydrogen) atoms. The fraction of sp³-hybridized carbons (Fsp3) is 0.217. The number of carbonyl (C=O) groups is 2. The third-order valence-electron chi connectivity index (χ3n) is 4.33. The molecule has 1 aliphatic heterocycles. The molecule has 2 aromatic rings. The van der Waals surface area contributed by atoms with Crippen molar-refractivity contribution in [2.75, 3.05) is 13.2 Å². The number of nitrogens with one attached hydrogen (secondary N) is 1. The van der Waals surface area contributed by atoms with E-state index in [1.54, 1.807) is 12.1 Å². The summed E-state index contributed by atoms with van der Waals surface area (Å²) in [6.45, 7) is 4.62. The van der Waals surface area contributed by atoms with Crippen LogP contribution in [0, 0.1) is 22.8 Å². The number of ether oxygens (including phenoxy) is 2. The molecular formula is C23H21IN2O4. The first-order valence-corrected chi connectivity index (χ1v) is 10.4. The molecule has 0 bridgehead atoms. The maximum absolute atomic E-state index is 12.8. The van der Waals surface area contributed by atoms with Gasteiger partial charge in [-0.2, -0.15) is 0 Å². The lowest BCUT2D eigenvalue weighted by Gasteiger charge is -2.13. The summed E-state index contributed by atoms with van der Waals surface area (Å²) in [4.78, 5) is 26.4. The second-order valence-corrected chi connectivity index (χ2v) is 7.79. The first-order chi connectivity index (χ1) is 14.4. The quantitative estimate of drug-likeness (QED) is 0.261. The predicted octanol–water partition coefficient (Wildman–Crippen LogP) is 4.10. The number of urea groups is 1. The third-order valence-corrected chi connectivity index (χ3v) is 5.13. The summed E-state index contributed by atoms with van der Waals surface area (Å²) >= 11 is 2.12. The van der Waals surface area contributed by atoms with Crippen molar-refractivity contribution in [3.63, 3.8) is 0 Å². The van der Waals surface area contributed by atoms with Crippen molar-refractivity contribution in [1.82, 2.24) is 10.2 Å². The van der Waals surface area contributed by atoms with Gasteiger partial charge in [0, 0.05) is 0 Å². The molecule has 1 saturated heterocycles. The van der Waals surface area contributed by atoms with Crippen LogP contribution in [0.5, 0.6) is 11.5 Å². The standard InChI is InChI=1S/C23H21IN2O4/c1-4-9-30-21-18(24)11-17(13-20(21)29-5-2)12-19-22(27)26(23(28)25-19)14-16-8-6-7-15(3)10-16/h1,6-8,10-13H,5,9,14H2,2-3H3,(H,25,28)/b19-12+. The van der Waals surface area contributed by atoms with E-state index in [2.05, 4.69) is 33.8 Å². The molecule has 154 valence electrons. The molecule has 0 saturated carbocycles. The molecule has 1 N–H and O–H groups in total. The Bertz CT molecular complexity index is 1060. The third kappa shape index (κ3) is 4.94. The van der Waals surface area contributed by atoms with Gasteiger partial charge in [-0.3, -0.25) is 9.69 Å². The number of rotatable bonds is 7. The molecule has 3 rings (SSSR count). The van der Waals surface area contributed by atoms with Crippen LogP contribution in [-0.2, 0) is 11.3 Å². The van der Waals surface area contributed by atoms with E-state index in [-0.39, 0.29) is 24.8 Å². The zero-order valence-electron chi connectivity index (χ0n) is 16.7. The van der Waals surface area contributed by atoms with Gasteiger partial charge >= 0.3 is 6.03 Å². The fourth-order valence-electron chi connectivity index (χ4n) is 3.06. The molecule has 1 heterocycles. The van der Waals surface area contributed by atoms with Gasteiger partial charge in [-0.1, -0.05) is 35.7 Å². The van der Waals surface area contributed by atoms with Crippen LogP contribution >= 0.6 is 22.6 Å². The molecule has 3 amide bonds. The number of terminal acetylenes is 1. The van der Waals surface area contributed by atoms with E-state index in [4.69, 9.17) is 15.9 Å². The van der Waals surface area contributed by atoms with Gasteiger partial charge in [0.15, 0.2) is 11.5 Å². The average Bonchev–Trinajstić information content (AvgIpc) is 2.95. The van der Waals surface area contributed by atoms with Gasteiger partial charge in [-0.15, -0.1) is 6.42 Å². The molecule has 6 nitrogen and oxygen atoms in total. The van der Waals surface area contributed by atoms with E-state index in [1.807, 2.05) is 44.2 Å². The van der Waals surface area contributed by atoms with E-state index >= 15 is 0 Å². The average molecular weight is 516 g/mol. The maximum Gasteiger partial charge on any atom is 0.329 e. The minimum Gasteiger partial charge on any atom is -0.490 e. The highest BCUT2D eigenvalue weighted by Crippen LogP contribution is 2.35. The summed E-state index contributed by atoms with van der Waals surface area (Å²) in [5.74, 6) is 3.14. The summed E-state index contributed by atoms with van der Waals surface area (Å²) in [5, 5.41) is 2.65. The Morgan fingerprint density at radius 2 is 2.03 bits per heavy atom. The van der Waals surface area contributed by atoms with Gasteiger partial charge in [-0.05, 0) is 65.8 Å². The predicted molar refractivity (Wildman–Crippen MR) is 123 cm³/mol. The number of hydrogen-bond donors (Lipinski definition) is 1. The molecule has 2 aromatic carbocycles. The summed E-state index contributed by atoms with van der Waals surface area (Å²) < 4.78 is 12.0. The van der Waals surface area contributed by atoms with Crippen molar-refractivity contribution in [3.8, 4) is 23.8 Å². The van der Waals surface area contributed by atoms with Crippen molar-refractivity contribution >= 4 is 40.6 Å². The first kappa shape index (κ1) is 21.7. The monoisotopic (exact) mass is 516 g/mol. The summed E-state index contributed by atoms with van der Waals surface area (Å²) in [5.41, 5.74) is 2.88. The number of benzene rings is 2. The van der Waals surface area contributed by atoms with Crippen LogP contribution in [-0.4, -0.2) is 30.1 Å². The van der Waals surface area contributed by atoms with Crippen LogP contribution < -0.4 is 14.8 Å². The minimum absolute atomic E-state index is 0.124. The second-order valence-electron chi connectivity index (χ2n) is 6.62. The number of hydrogen-bond acceptors (Lipinski definition) is 4. The molecule has 0 radical (unpaired) electrons. The molecule has 1 aliphatic rings. The van der Waals surface area contributed by atoms with E-state index < -0.39 is 6.03 Å². The molecule has 7 heteroatoms. The van der Waals surface area contributed by atoms with Crippen molar-refractivity contribution in [2.45, 2.75) is 20.4 Å². The molecule has 0 aliphatic carbocycles. The highest BCUT2D eigenvalue weighted by molar-refractivity contribution is 14.1. The Labute approximate surface area is 189 Å². The molecule has 0 aromatic heterocycles. The number of carbonyl (C=O) groups excluding carboxylic acids is 2. The zero-order chi connectivity index (χ0) is 21.7. The molecule has 1 fully saturated rings. The van der Waals surface area contributed by atoms with Crippen LogP contribution in [0.2, 0.25) is 0 Å². The number of aryl methyl sites for hydroxylation is 1. The van der Waals surface area contributed by atoms with Crippen LogP contribution in [0.3, 0.4) is 0 Å². The van der Waals surface area contributed by atoms with Crippen LogP contribution in [0.1, 0.15) is 23.6 Å². The number of halogens is 1. The fourth-order valence-corrected chi connectivity index (χ4v) is 3.84. The highest BCUT2D eigenvalue weighted by atomic mass is 127. The smallest absolute Gasteiger partial charge is 0.329 e. The van der Waals surface area contributed by atoms with Gasteiger partial charge in [0.2, 0.25) is 0 Å².